The van der Waals surface area contributed by atoms with E-state index in [0.29, 0.717) is 19.0 Å². The lowest BCUT2D eigenvalue weighted by Crippen LogP contribution is -2.50. The van der Waals surface area contributed by atoms with Gasteiger partial charge in [-0.2, -0.15) is 0 Å². The number of carbonyl (C=O) groups is 2. The van der Waals surface area contributed by atoms with Crippen molar-refractivity contribution in [1.82, 2.24) is 10.2 Å². The van der Waals surface area contributed by atoms with E-state index in [1.807, 2.05) is 11.8 Å². The molecule has 1 saturated heterocycles. The zero-order valence-corrected chi connectivity index (χ0v) is 10.9. The van der Waals surface area contributed by atoms with Crippen LogP contribution >= 0.6 is 0 Å². The zero-order valence-electron chi connectivity index (χ0n) is 10.9. The third-order valence-electron chi connectivity index (χ3n) is 3.86. The van der Waals surface area contributed by atoms with Crippen LogP contribution in [0.1, 0.15) is 39.0 Å². The van der Waals surface area contributed by atoms with Gasteiger partial charge in [0.25, 0.3) is 0 Å². The highest BCUT2D eigenvalue weighted by Gasteiger charge is 2.34. The van der Waals surface area contributed by atoms with E-state index in [0.717, 1.165) is 32.2 Å². The van der Waals surface area contributed by atoms with Gasteiger partial charge in [-0.15, -0.1) is 0 Å². The number of amides is 1. The number of likely N-dealkylation sites (tertiary alicyclic amines) is 1. The summed E-state index contributed by atoms with van der Waals surface area (Å²) in [6.07, 6.45) is 4.57. The molecule has 1 heterocycles. The fraction of sp³-hybridized carbons (Fsp3) is 0.846. The molecule has 102 valence electrons. The van der Waals surface area contributed by atoms with Gasteiger partial charge in [-0.25, -0.2) is 0 Å². The Hall–Kier alpha value is -1.10. The molecular weight excluding hydrogens is 232 g/mol. The average Bonchev–Trinajstić information content (AvgIpc) is 3.09. The zero-order chi connectivity index (χ0) is 13.1. The molecule has 0 aromatic heterocycles. The quantitative estimate of drug-likeness (QED) is 0.763. The largest absolute Gasteiger partial charge is 0.480 e. The number of rotatable bonds is 5. The first kappa shape index (κ1) is 13.3. The minimum absolute atomic E-state index is 0.0554. The molecule has 18 heavy (non-hydrogen) atoms. The highest BCUT2D eigenvalue weighted by molar-refractivity contribution is 5.77. The maximum atomic E-state index is 11.6. The summed E-state index contributed by atoms with van der Waals surface area (Å²) in [5, 5.41) is 12.2. The van der Waals surface area contributed by atoms with Gasteiger partial charge in [-0.1, -0.05) is 6.92 Å². The molecule has 1 amide bonds. The Morgan fingerprint density at radius 3 is 2.67 bits per heavy atom. The number of hydrogen-bond acceptors (Lipinski definition) is 3. The Bertz CT molecular complexity index is 328. The van der Waals surface area contributed by atoms with Crippen molar-refractivity contribution in [1.29, 1.82) is 0 Å². The van der Waals surface area contributed by atoms with Crippen molar-refractivity contribution in [3.63, 3.8) is 0 Å². The van der Waals surface area contributed by atoms with Crippen LogP contribution < -0.4 is 5.32 Å². The summed E-state index contributed by atoms with van der Waals surface area (Å²) in [5.74, 6) is -0.535. The van der Waals surface area contributed by atoms with Crippen molar-refractivity contribution in [2.75, 3.05) is 13.1 Å². The topological polar surface area (TPSA) is 69.6 Å². The molecule has 5 nitrogen and oxygen atoms in total. The maximum Gasteiger partial charge on any atom is 0.321 e. The summed E-state index contributed by atoms with van der Waals surface area (Å²) in [6, 6.07) is -0.0412. The Morgan fingerprint density at radius 2 is 2.06 bits per heavy atom. The average molecular weight is 254 g/mol. The summed E-state index contributed by atoms with van der Waals surface area (Å²) >= 11 is 0. The molecule has 2 aliphatic rings. The fourth-order valence-corrected chi connectivity index (χ4v) is 2.70. The normalized spacial score (nSPS) is 28.9. The van der Waals surface area contributed by atoms with Gasteiger partial charge in [0.2, 0.25) is 5.91 Å². The van der Waals surface area contributed by atoms with Crippen LogP contribution in [0.25, 0.3) is 0 Å². The number of aliphatic carboxylic acids is 1. The molecule has 2 N–H and O–H groups in total. The molecule has 0 bridgehead atoms. The molecule has 1 aliphatic carbocycles. The van der Waals surface area contributed by atoms with Crippen LogP contribution in [0.5, 0.6) is 0 Å². The Morgan fingerprint density at radius 1 is 1.33 bits per heavy atom. The number of carboxylic acids is 1. The molecular formula is C13H22N2O3. The lowest BCUT2D eigenvalue weighted by Gasteiger charge is -2.37. The van der Waals surface area contributed by atoms with E-state index < -0.39 is 12.0 Å². The molecule has 2 rings (SSSR count). The van der Waals surface area contributed by atoms with Crippen LogP contribution in [-0.2, 0) is 9.59 Å². The molecule has 0 aromatic rings. The van der Waals surface area contributed by atoms with Crippen molar-refractivity contribution in [2.45, 2.75) is 51.1 Å². The van der Waals surface area contributed by atoms with Crippen molar-refractivity contribution in [3.05, 3.63) is 0 Å². The minimum atomic E-state index is -0.759. The van der Waals surface area contributed by atoms with Crippen LogP contribution in [0, 0.1) is 5.92 Å². The van der Waals surface area contributed by atoms with Crippen LogP contribution in [0.3, 0.4) is 0 Å². The molecule has 1 saturated carbocycles. The summed E-state index contributed by atoms with van der Waals surface area (Å²) in [5.41, 5.74) is 0. The third kappa shape index (κ3) is 3.45. The van der Waals surface area contributed by atoms with E-state index in [1.165, 1.54) is 0 Å². The fourth-order valence-electron chi connectivity index (χ4n) is 2.70. The summed E-state index contributed by atoms with van der Waals surface area (Å²) in [6.45, 7) is 3.33. The Labute approximate surface area is 108 Å². The molecule has 2 fully saturated rings. The van der Waals surface area contributed by atoms with Crippen molar-refractivity contribution < 1.29 is 14.7 Å². The number of nitrogens with zero attached hydrogens (tertiary/aromatic N) is 1. The van der Waals surface area contributed by atoms with Gasteiger partial charge < -0.3 is 10.4 Å². The van der Waals surface area contributed by atoms with E-state index in [-0.39, 0.29) is 11.8 Å². The number of carboxylic acid groups (broad SMARTS) is 1. The predicted molar refractivity (Wildman–Crippen MR) is 67.2 cm³/mol. The first-order chi connectivity index (χ1) is 8.58. The van der Waals surface area contributed by atoms with Gasteiger partial charge in [0.05, 0.1) is 0 Å². The van der Waals surface area contributed by atoms with E-state index >= 15 is 0 Å². The predicted octanol–water partition coefficient (Wildman–Crippen LogP) is 0.840. The van der Waals surface area contributed by atoms with Crippen molar-refractivity contribution >= 4 is 11.9 Å². The molecule has 0 aromatic carbocycles. The first-order valence-corrected chi connectivity index (χ1v) is 6.84. The second-order valence-electron chi connectivity index (χ2n) is 5.53. The number of hydrogen-bond donors (Lipinski definition) is 2. The van der Waals surface area contributed by atoms with Gasteiger partial charge >= 0.3 is 5.97 Å². The summed E-state index contributed by atoms with van der Waals surface area (Å²) in [7, 11) is 0. The smallest absolute Gasteiger partial charge is 0.321 e. The van der Waals surface area contributed by atoms with Crippen LogP contribution in [0.15, 0.2) is 0 Å². The second-order valence-corrected chi connectivity index (χ2v) is 5.53. The van der Waals surface area contributed by atoms with Crippen molar-refractivity contribution in [2.24, 2.45) is 5.92 Å². The highest BCUT2D eigenvalue weighted by Crippen LogP contribution is 2.24. The number of piperidine rings is 1. The Balaban J connectivity index is 1.81. The molecule has 1 aliphatic heterocycles. The van der Waals surface area contributed by atoms with E-state index in [4.69, 9.17) is 0 Å². The van der Waals surface area contributed by atoms with Gasteiger partial charge in [-0.3, -0.25) is 14.5 Å². The van der Waals surface area contributed by atoms with Gasteiger partial charge in [0.15, 0.2) is 0 Å². The SMILES string of the molecule is CC1CCCN(CCC(=O)NC2CC2)C1C(=O)O. The molecule has 0 radical (unpaired) electrons. The van der Waals surface area contributed by atoms with E-state index in [2.05, 4.69) is 5.32 Å². The van der Waals surface area contributed by atoms with Crippen LogP contribution in [-0.4, -0.2) is 47.1 Å². The maximum absolute atomic E-state index is 11.6. The second kappa shape index (κ2) is 5.69. The number of nitrogens with one attached hydrogen (secondary N) is 1. The molecule has 5 heteroatoms. The Kier molecular flexibility index (Phi) is 4.22. The van der Waals surface area contributed by atoms with Crippen LogP contribution in [0.2, 0.25) is 0 Å². The van der Waals surface area contributed by atoms with Gasteiger partial charge in [0, 0.05) is 19.0 Å². The lowest BCUT2D eigenvalue weighted by atomic mass is 9.90. The van der Waals surface area contributed by atoms with Gasteiger partial charge in [-0.05, 0) is 38.1 Å². The van der Waals surface area contributed by atoms with Crippen LogP contribution in [0.4, 0.5) is 0 Å². The minimum Gasteiger partial charge on any atom is -0.480 e. The van der Waals surface area contributed by atoms with E-state index in [9.17, 15) is 14.7 Å². The first-order valence-electron chi connectivity index (χ1n) is 6.84. The molecule has 2 unspecified atom stereocenters. The lowest BCUT2D eigenvalue weighted by molar-refractivity contribution is -0.147. The molecule has 0 spiro atoms. The van der Waals surface area contributed by atoms with Gasteiger partial charge in [0.1, 0.15) is 6.04 Å². The third-order valence-corrected chi connectivity index (χ3v) is 3.86. The standard InChI is InChI=1S/C13H22N2O3/c1-9-3-2-7-15(12(9)13(17)18)8-6-11(16)14-10-4-5-10/h9-10,12H,2-8H2,1H3,(H,14,16)(H,17,18). The summed E-state index contributed by atoms with van der Waals surface area (Å²) < 4.78 is 0. The molecule has 2 atom stereocenters. The highest BCUT2D eigenvalue weighted by atomic mass is 16.4. The van der Waals surface area contributed by atoms with E-state index in [1.54, 1.807) is 0 Å². The van der Waals surface area contributed by atoms with Crippen molar-refractivity contribution in [3.8, 4) is 0 Å². The summed E-state index contributed by atoms with van der Waals surface area (Å²) in [4.78, 5) is 24.8. The number of carbonyl (C=O) groups excluding carboxylic acids is 1. The monoisotopic (exact) mass is 254 g/mol.